The smallest absolute Gasteiger partial charge is 0.143 e. The van der Waals surface area contributed by atoms with Crippen molar-refractivity contribution in [2.24, 2.45) is 11.8 Å². The van der Waals surface area contributed by atoms with Gasteiger partial charge < -0.3 is 0 Å². The van der Waals surface area contributed by atoms with Gasteiger partial charge in [0.05, 0.1) is 6.42 Å². The average molecular weight is 168 g/mol. The van der Waals surface area contributed by atoms with Gasteiger partial charge >= 0.3 is 0 Å². The molecule has 2 heteroatoms. The van der Waals surface area contributed by atoms with Crippen molar-refractivity contribution in [3.05, 3.63) is 0 Å². The number of Topliss-reactive ketones (excluding diaryl/α,β-unsaturated/α-hetero) is 2. The van der Waals surface area contributed by atoms with Crippen LogP contribution < -0.4 is 0 Å². The molecule has 1 rings (SSSR count). The normalized spacial score (nSPS) is 25.1. The van der Waals surface area contributed by atoms with Gasteiger partial charge in [0.2, 0.25) is 0 Å². The molecule has 12 heavy (non-hydrogen) atoms. The summed E-state index contributed by atoms with van der Waals surface area (Å²) in [5, 5.41) is 0. The van der Waals surface area contributed by atoms with Crippen LogP contribution in [0.15, 0.2) is 0 Å². The molecule has 1 atom stereocenters. The first-order chi connectivity index (χ1) is 5.59. The van der Waals surface area contributed by atoms with E-state index in [2.05, 4.69) is 13.8 Å². The molecule has 1 unspecified atom stereocenters. The summed E-state index contributed by atoms with van der Waals surface area (Å²) in [5.74, 6) is 1.02. The highest BCUT2D eigenvalue weighted by Gasteiger charge is 2.26. The average Bonchev–Trinajstić information content (AvgIpc) is 1.94. The number of hydrogen-bond donors (Lipinski definition) is 0. The van der Waals surface area contributed by atoms with Crippen molar-refractivity contribution in [1.29, 1.82) is 0 Å². The molecule has 0 aromatic heterocycles. The molecule has 0 amide bonds. The van der Waals surface area contributed by atoms with E-state index in [0.29, 0.717) is 12.3 Å². The molecule has 0 spiro atoms. The SMILES string of the molecule is CC(C)CC1CCC(=O)CC1=O. The molecule has 2 nitrogen and oxygen atoms in total. The molecule has 1 fully saturated rings. The van der Waals surface area contributed by atoms with E-state index in [9.17, 15) is 9.59 Å². The third-order valence-corrected chi connectivity index (χ3v) is 2.35. The molecule has 0 heterocycles. The maximum absolute atomic E-state index is 11.3. The molecule has 1 aliphatic carbocycles. The molecule has 1 saturated carbocycles. The van der Waals surface area contributed by atoms with E-state index in [1.54, 1.807) is 0 Å². The summed E-state index contributed by atoms with van der Waals surface area (Å²) in [6, 6.07) is 0. The summed E-state index contributed by atoms with van der Waals surface area (Å²) < 4.78 is 0. The van der Waals surface area contributed by atoms with Crippen molar-refractivity contribution in [3.63, 3.8) is 0 Å². The first kappa shape index (κ1) is 9.43. The van der Waals surface area contributed by atoms with E-state index < -0.39 is 0 Å². The first-order valence-electron chi connectivity index (χ1n) is 4.64. The Kier molecular flexibility index (Phi) is 3.01. The van der Waals surface area contributed by atoms with Crippen LogP contribution in [-0.4, -0.2) is 11.6 Å². The van der Waals surface area contributed by atoms with Crippen LogP contribution in [0.1, 0.15) is 39.5 Å². The first-order valence-corrected chi connectivity index (χ1v) is 4.64. The number of rotatable bonds is 2. The second-order valence-corrected chi connectivity index (χ2v) is 4.05. The van der Waals surface area contributed by atoms with Gasteiger partial charge in [-0.3, -0.25) is 9.59 Å². The fourth-order valence-electron chi connectivity index (χ4n) is 1.74. The van der Waals surface area contributed by atoms with Crippen LogP contribution in [0.3, 0.4) is 0 Å². The zero-order valence-corrected chi connectivity index (χ0v) is 7.80. The van der Waals surface area contributed by atoms with E-state index in [-0.39, 0.29) is 23.9 Å². The fraction of sp³-hybridized carbons (Fsp3) is 0.800. The van der Waals surface area contributed by atoms with Crippen LogP contribution >= 0.6 is 0 Å². The lowest BCUT2D eigenvalue weighted by Gasteiger charge is -2.20. The Labute approximate surface area is 73.3 Å². The van der Waals surface area contributed by atoms with Gasteiger partial charge in [-0.1, -0.05) is 13.8 Å². The molecular weight excluding hydrogens is 152 g/mol. The molecule has 0 N–H and O–H groups in total. The minimum Gasteiger partial charge on any atom is -0.299 e. The largest absolute Gasteiger partial charge is 0.299 e. The molecule has 0 aliphatic heterocycles. The zero-order chi connectivity index (χ0) is 9.14. The van der Waals surface area contributed by atoms with Crippen LogP contribution in [0.2, 0.25) is 0 Å². The summed E-state index contributed by atoms with van der Waals surface area (Å²) >= 11 is 0. The Morgan fingerprint density at radius 1 is 1.42 bits per heavy atom. The van der Waals surface area contributed by atoms with Crippen LogP contribution in [0.4, 0.5) is 0 Å². The third kappa shape index (κ3) is 2.43. The van der Waals surface area contributed by atoms with Gasteiger partial charge in [0.25, 0.3) is 0 Å². The number of hydrogen-bond acceptors (Lipinski definition) is 2. The molecule has 1 aliphatic rings. The highest BCUT2D eigenvalue weighted by molar-refractivity contribution is 6.02. The third-order valence-electron chi connectivity index (χ3n) is 2.35. The van der Waals surface area contributed by atoms with Gasteiger partial charge in [-0.2, -0.15) is 0 Å². The molecule has 0 aromatic carbocycles. The van der Waals surface area contributed by atoms with Crippen molar-refractivity contribution in [3.8, 4) is 0 Å². The van der Waals surface area contributed by atoms with Crippen molar-refractivity contribution in [2.75, 3.05) is 0 Å². The quantitative estimate of drug-likeness (QED) is 0.591. The summed E-state index contributed by atoms with van der Waals surface area (Å²) in [6.07, 6.45) is 2.54. The van der Waals surface area contributed by atoms with Gasteiger partial charge in [0.1, 0.15) is 11.6 Å². The molecule has 68 valence electrons. The van der Waals surface area contributed by atoms with Crippen LogP contribution in [-0.2, 0) is 9.59 Å². The van der Waals surface area contributed by atoms with Crippen molar-refractivity contribution >= 4 is 11.6 Å². The lowest BCUT2D eigenvalue weighted by atomic mass is 9.82. The predicted octanol–water partition coefficient (Wildman–Crippen LogP) is 1.97. The summed E-state index contributed by atoms with van der Waals surface area (Å²) in [6.45, 7) is 4.23. The van der Waals surface area contributed by atoms with Crippen LogP contribution in [0, 0.1) is 11.8 Å². The predicted molar refractivity (Wildman–Crippen MR) is 46.8 cm³/mol. The highest BCUT2D eigenvalue weighted by Crippen LogP contribution is 2.24. The van der Waals surface area contributed by atoms with Crippen LogP contribution in [0.25, 0.3) is 0 Å². The Balaban J connectivity index is 2.45. The van der Waals surface area contributed by atoms with Gasteiger partial charge in [0.15, 0.2) is 0 Å². The van der Waals surface area contributed by atoms with Crippen molar-refractivity contribution in [1.82, 2.24) is 0 Å². The Morgan fingerprint density at radius 3 is 2.58 bits per heavy atom. The van der Waals surface area contributed by atoms with Gasteiger partial charge in [0, 0.05) is 12.3 Å². The second-order valence-electron chi connectivity index (χ2n) is 4.05. The lowest BCUT2D eigenvalue weighted by molar-refractivity contribution is -0.133. The molecule has 0 aromatic rings. The van der Waals surface area contributed by atoms with Crippen molar-refractivity contribution in [2.45, 2.75) is 39.5 Å². The van der Waals surface area contributed by atoms with E-state index >= 15 is 0 Å². The molecule has 0 bridgehead atoms. The Bertz CT molecular complexity index is 194. The molecule has 0 saturated heterocycles. The minimum absolute atomic E-state index is 0.125. The topological polar surface area (TPSA) is 34.1 Å². The Morgan fingerprint density at radius 2 is 2.08 bits per heavy atom. The number of ketones is 2. The van der Waals surface area contributed by atoms with Crippen molar-refractivity contribution < 1.29 is 9.59 Å². The second kappa shape index (κ2) is 3.83. The lowest BCUT2D eigenvalue weighted by Crippen LogP contribution is -2.25. The maximum atomic E-state index is 11.3. The van der Waals surface area contributed by atoms with E-state index in [0.717, 1.165) is 12.8 Å². The van der Waals surface area contributed by atoms with E-state index in [1.165, 1.54) is 0 Å². The summed E-state index contributed by atoms with van der Waals surface area (Å²) in [7, 11) is 0. The maximum Gasteiger partial charge on any atom is 0.143 e. The van der Waals surface area contributed by atoms with Gasteiger partial charge in [-0.05, 0) is 18.8 Å². The molecular formula is C10H16O2. The van der Waals surface area contributed by atoms with Gasteiger partial charge in [-0.25, -0.2) is 0 Å². The standard InChI is InChI=1S/C10H16O2/c1-7(2)5-8-3-4-9(11)6-10(8)12/h7-8H,3-6H2,1-2H3. The number of carbonyl (C=O) groups is 2. The fourth-order valence-corrected chi connectivity index (χ4v) is 1.74. The summed E-state index contributed by atoms with van der Waals surface area (Å²) in [4.78, 5) is 22.2. The zero-order valence-electron chi connectivity index (χ0n) is 7.80. The minimum atomic E-state index is 0.125. The highest BCUT2D eigenvalue weighted by atomic mass is 16.1. The monoisotopic (exact) mass is 168 g/mol. The molecule has 0 radical (unpaired) electrons. The van der Waals surface area contributed by atoms with E-state index in [1.807, 2.05) is 0 Å². The van der Waals surface area contributed by atoms with Gasteiger partial charge in [-0.15, -0.1) is 0 Å². The summed E-state index contributed by atoms with van der Waals surface area (Å²) in [5.41, 5.74) is 0. The van der Waals surface area contributed by atoms with E-state index in [4.69, 9.17) is 0 Å². The van der Waals surface area contributed by atoms with Crippen LogP contribution in [0.5, 0.6) is 0 Å². The Hall–Kier alpha value is -0.660. The number of carbonyl (C=O) groups excluding carboxylic acids is 2.